The van der Waals surface area contributed by atoms with Gasteiger partial charge in [-0.25, -0.2) is 4.68 Å². The van der Waals surface area contributed by atoms with Crippen LogP contribution in [0.15, 0.2) is 28.9 Å². The first-order chi connectivity index (χ1) is 7.89. The number of nitrogens with two attached hydrogens (primary N) is 1. The van der Waals surface area contributed by atoms with Crippen molar-refractivity contribution >= 4 is 15.9 Å². The summed E-state index contributed by atoms with van der Waals surface area (Å²) in [6.45, 7) is 5.86. The highest BCUT2D eigenvalue weighted by atomic mass is 79.9. The monoisotopic (exact) mass is 294 g/mol. The molecule has 2 rings (SSSR count). The standard InChI is InChI=1S/C12H15BrN4/c1-8-9(13)5-4-6-10(8)17-7-11(15-16-17)12(2,3)14/h4-7H,14H2,1-3H3. The van der Waals surface area contributed by atoms with Crippen LogP contribution in [0.5, 0.6) is 0 Å². The summed E-state index contributed by atoms with van der Waals surface area (Å²) in [5, 5.41) is 8.23. The summed E-state index contributed by atoms with van der Waals surface area (Å²) < 4.78 is 2.81. The van der Waals surface area contributed by atoms with Crippen LogP contribution in [-0.2, 0) is 5.54 Å². The minimum Gasteiger partial charge on any atom is -0.320 e. The van der Waals surface area contributed by atoms with Crippen LogP contribution in [0.4, 0.5) is 0 Å². The van der Waals surface area contributed by atoms with Crippen LogP contribution < -0.4 is 5.73 Å². The highest BCUT2D eigenvalue weighted by Crippen LogP contribution is 2.23. The van der Waals surface area contributed by atoms with Gasteiger partial charge in [0.05, 0.1) is 17.4 Å². The van der Waals surface area contributed by atoms with Gasteiger partial charge in [-0.05, 0) is 38.5 Å². The molecule has 0 bridgehead atoms. The molecule has 90 valence electrons. The van der Waals surface area contributed by atoms with E-state index in [2.05, 4.69) is 26.2 Å². The molecule has 4 nitrogen and oxygen atoms in total. The Bertz CT molecular complexity index is 540. The third-order valence-corrected chi connectivity index (χ3v) is 3.50. The molecule has 2 aromatic rings. The third-order valence-electron chi connectivity index (χ3n) is 2.64. The molecule has 1 aromatic heterocycles. The maximum absolute atomic E-state index is 5.99. The van der Waals surface area contributed by atoms with Crippen LogP contribution in [0.3, 0.4) is 0 Å². The maximum atomic E-state index is 5.99. The molecule has 0 fully saturated rings. The summed E-state index contributed by atoms with van der Waals surface area (Å²) >= 11 is 3.50. The molecule has 0 aliphatic carbocycles. The molecular formula is C12H15BrN4. The molecule has 0 atom stereocenters. The molecule has 0 radical (unpaired) electrons. The quantitative estimate of drug-likeness (QED) is 0.926. The third kappa shape index (κ3) is 2.40. The van der Waals surface area contributed by atoms with Crippen LogP contribution >= 0.6 is 15.9 Å². The number of hydrogen-bond donors (Lipinski definition) is 1. The maximum Gasteiger partial charge on any atom is 0.102 e. The van der Waals surface area contributed by atoms with Crippen LogP contribution in [0, 0.1) is 6.92 Å². The van der Waals surface area contributed by atoms with E-state index >= 15 is 0 Å². The predicted molar refractivity (Wildman–Crippen MR) is 71.0 cm³/mol. The number of aromatic nitrogens is 3. The first kappa shape index (κ1) is 12.3. The summed E-state index contributed by atoms with van der Waals surface area (Å²) in [4.78, 5) is 0. The molecule has 5 heteroatoms. The molecule has 1 heterocycles. The van der Waals surface area contributed by atoms with Crippen molar-refractivity contribution in [2.75, 3.05) is 0 Å². The number of nitrogens with zero attached hydrogens (tertiary/aromatic N) is 3. The zero-order valence-corrected chi connectivity index (χ0v) is 11.7. The van der Waals surface area contributed by atoms with Gasteiger partial charge in [-0.1, -0.05) is 27.2 Å². The summed E-state index contributed by atoms with van der Waals surface area (Å²) in [7, 11) is 0. The molecular weight excluding hydrogens is 280 g/mol. The number of benzene rings is 1. The van der Waals surface area contributed by atoms with Crippen LogP contribution in [0.25, 0.3) is 5.69 Å². The van der Waals surface area contributed by atoms with Gasteiger partial charge in [0.15, 0.2) is 0 Å². The fourth-order valence-electron chi connectivity index (χ4n) is 1.52. The largest absolute Gasteiger partial charge is 0.320 e. The van der Waals surface area contributed by atoms with Gasteiger partial charge >= 0.3 is 0 Å². The Hall–Kier alpha value is -1.20. The molecule has 0 saturated heterocycles. The van der Waals surface area contributed by atoms with Crippen molar-refractivity contribution in [2.24, 2.45) is 5.73 Å². The van der Waals surface area contributed by atoms with Gasteiger partial charge < -0.3 is 5.73 Å². The van der Waals surface area contributed by atoms with Crippen molar-refractivity contribution in [3.8, 4) is 5.69 Å². The molecule has 0 aliphatic rings. The SMILES string of the molecule is Cc1c(Br)cccc1-n1cc(C(C)(C)N)nn1. The summed E-state index contributed by atoms with van der Waals surface area (Å²) in [6.07, 6.45) is 1.87. The zero-order chi connectivity index (χ0) is 12.6. The van der Waals surface area contributed by atoms with E-state index in [9.17, 15) is 0 Å². The average molecular weight is 295 g/mol. The lowest BCUT2D eigenvalue weighted by Crippen LogP contribution is -2.29. The van der Waals surface area contributed by atoms with Gasteiger partial charge in [0.25, 0.3) is 0 Å². The minimum absolute atomic E-state index is 0.474. The van der Waals surface area contributed by atoms with E-state index in [1.54, 1.807) is 4.68 Å². The van der Waals surface area contributed by atoms with Crippen LogP contribution in [0.1, 0.15) is 25.1 Å². The predicted octanol–water partition coefficient (Wildman–Crippen LogP) is 2.53. The Morgan fingerprint density at radius 1 is 1.35 bits per heavy atom. The second-order valence-electron chi connectivity index (χ2n) is 4.65. The highest BCUT2D eigenvalue weighted by Gasteiger charge is 2.19. The van der Waals surface area contributed by atoms with Gasteiger partial charge in [-0.2, -0.15) is 0 Å². The number of rotatable bonds is 2. The van der Waals surface area contributed by atoms with Crippen molar-refractivity contribution in [1.29, 1.82) is 0 Å². The fraction of sp³-hybridized carbons (Fsp3) is 0.333. The Labute approximate surface area is 109 Å². The highest BCUT2D eigenvalue weighted by molar-refractivity contribution is 9.10. The Morgan fingerprint density at radius 2 is 2.06 bits per heavy atom. The molecule has 1 aromatic carbocycles. The van der Waals surface area contributed by atoms with E-state index in [0.29, 0.717) is 0 Å². The Morgan fingerprint density at radius 3 is 2.65 bits per heavy atom. The van der Waals surface area contributed by atoms with E-state index in [1.807, 2.05) is 45.2 Å². The zero-order valence-electron chi connectivity index (χ0n) is 10.1. The lowest BCUT2D eigenvalue weighted by atomic mass is 10.0. The van der Waals surface area contributed by atoms with Gasteiger partial charge in [0, 0.05) is 4.47 Å². The van der Waals surface area contributed by atoms with Crippen LogP contribution in [-0.4, -0.2) is 15.0 Å². The number of halogens is 1. The topological polar surface area (TPSA) is 56.7 Å². The second kappa shape index (κ2) is 4.23. The van der Waals surface area contributed by atoms with E-state index in [-0.39, 0.29) is 0 Å². The Kier molecular flexibility index (Phi) is 3.05. The summed E-state index contributed by atoms with van der Waals surface area (Å²) in [6, 6.07) is 5.98. The summed E-state index contributed by atoms with van der Waals surface area (Å²) in [5.74, 6) is 0. The van der Waals surface area contributed by atoms with Gasteiger partial charge in [0.2, 0.25) is 0 Å². The number of hydrogen-bond acceptors (Lipinski definition) is 3. The second-order valence-corrected chi connectivity index (χ2v) is 5.51. The lowest BCUT2D eigenvalue weighted by Gasteiger charge is -2.13. The minimum atomic E-state index is -0.474. The van der Waals surface area contributed by atoms with Crippen molar-refractivity contribution < 1.29 is 0 Å². The van der Waals surface area contributed by atoms with Gasteiger partial charge in [0.1, 0.15) is 5.69 Å². The van der Waals surface area contributed by atoms with Crippen molar-refractivity contribution in [3.05, 3.63) is 40.1 Å². The first-order valence-corrected chi connectivity index (χ1v) is 6.16. The molecule has 0 spiro atoms. The van der Waals surface area contributed by atoms with E-state index in [1.165, 1.54) is 0 Å². The first-order valence-electron chi connectivity index (χ1n) is 5.37. The van der Waals surface area contributed by atoms with Crippen molar-refractivity contribution in [3.63, 3.8) is 0 Å². The molecule has 0 amide bonds. The molecule has 0 saturated carbocycles. The average Bonchev–Trinajstić information content (AvgIpc) is 2.70. The Balaban J connectivity index is 2.48. The normalized spacial score (nSPS) is 11.8. The van der Waals surface area contributed by atoms with Crippen LogP contribution in [0.2, 0.25) is 0 Å². The molecule has 0 aliphatic heterocycles. The summed E-state index contributed by atoms with van der Waals surface area (Å²) in [5.41, 5.74) is 8.42. The van der Waals surface area contributed by atoms with Gasteiger partial charge in [-0.15, -0.1) is 5.10 Å². The fourth-order valence-corrected chi connectivity index (χ4v) is 1.88. The molecule has 0 unspecified atom stereocenters. The lowest BCUT2D eigenvalue weighted by molar-refractivity contribution is 0.533. The molecule has 17 heavy (non-hydrogen) atoms. The van der Waals surface area contributed by atoms with E-state index in [4.69, 9.17) is 5.73 Å². The molecule has 2 N–H and O–H groups in total. The van der Waals surface area contributed by atoms with Crippen molar-refractivity contribution in [1.82, 2.24) is 15.0 Å². The smallest absolute Gasteiger partial charge is 0.102 e. The van der Waals surface area contributed by atoms with E-state index < -0.39 is 5.54 Å². The van der Waals surface area contributed by atoms with Crippen molar-refractivity contribution in [2.45, 2.75) is 26.3 Å². The van der Waals surface area contributed by atoms with Gasteiger partial charge in [-0.3, -0.25) is 0 Å². The van der Waals surface area contributed by atoms with E-state index in [0.717, 1.165) is 21.4 Å².